The molecule has 3 nitrogen and oxygen atoms in total. The normalized spacial score (nSPS) is 34.5. The molecule has 0 spiro atoms. The smallest absolute Gasteiger partial charge is 0.0795 e. The number of aromatic nitrogens is 1. The Morgan fingerprint density at radius 2 is 2.41 bits per heavy atom. The Hall–Kier alpha value is -0.450. The molecule has 1 saturated heterocycles. The van der Waals surface area contributed by atoms with Crippen molar-refractivity contribution in [2.24, 2.45) is 5.92 Å². The highest BCUT2D eigenvalue weighted by Gasteiger charge is 2.42. The Balaban J connectivity index is 1.63. The van der Waals surface area contributed by atoms with Crippen LogP contribution in [-0.2, 0) is 6.54 Å². The molecule has 1 aliphatic carbocycles. The van der Waals surface area contributed by atoms with Crippen LogP contribution in [0.2, 0.25) is 0 Å². The van der Waals surface area contributed by atoms with Crippen molar-refractivity contribution in [3.05, 3.63) is 16.6 Å². The van der Waals surface area contributed by atoms with Gasteiger partial charge in [0.05, 0.1) is 16.8 Å². The van der Waals surface area contributed by atoms with Crippen LogP contribution in [0.1, 0.15) is 37.8 Å². The van der Waals surface area contributed by atoms with E-state index in [1.807, 2.05) is 5.51 Å². The minimum atomic E-state index is -0.350. The van der Waals surface area contributed by atoms with E-state index in [0.717, 1.165) is 32.5 Å². The summed E-state index contributed by atoms with van der Waals surface area (Å²) < 4.78 is 0. The first-order chi connectivity index (χ1) is 8.26. The molecular formula is C13H20N2OS. The Kier molecular flexibility index (Phi) is 3.19. The Bertz CT molecular complexity index is 368. The summed E-state index contributed by atoms with van der Waals surface area (Å²) >= 11 is 1.66. The zero-order chi connectivity index (χ0) is 11.7. The van der Waals surface area contributed by atoms with Gasteiger partial charge >= 0.3 is 0 Å². The van der Waals surface area contributed by atoms with Crippen LogP contribution in [0, 0.1) is 5.92 Å². The standard InChI is InChI=1S/C13H20N2OS/c16-13-4-2-1-3-11(13)7-15(6-5-13)8-12-9-17-10-14-12/h9-11,16H,1-8H2. The summed E-state index contributed by atoms with van der Waals surface area (Å²) in [4.78, 5) is 6.80. The molecule has 2 aliphatic rings. The van der Waals surface area contributed by atoms with E-state index in [0.29, 0.717) is 5.92 Å². The van der Waals surface area contributed by atoms with Crippen LogP contribution in [0.15, 0.2) is 10.9 Å². The maximum atomic E-state index is 10.6. The van der Waals surface area contributed by atoms with Crippen LogP contribution in [-0.4, -0.2) is 33.7 Å². The molecule has 4 heteroatoms. The lowest BCUT2D eigenvalue weighted by molar-refractivity contribution is -0.0969. The zero-order valence-electron chi connectivity index (χ0n) is 10.1. The first kappa shape index (κ1) is 11.6. The minimum Gasteiger partial charge on any atom is -0.390 e. The lowest BCUT2D eigenvalue weighted by Crippen LogP contribution is -2.52. The summed E-state index contributed by atoms with van der Waals surface area (Å²) in [5.74, 6) is 0.489. The van der Waals surface area contributed by atoms with Gasteiger partial charge in [-0.2, -0.15) is 0 Å². The third-order valence-corrected chi connectivity index (χ3v) is 5.02. The average molecular weight is 252 g/mol. The molecule has 3 rings (SSSR count). The van der Waals surface area contributed by atoms with Crippen molar-refractivity contribution in [1.29, 1.82) is 0 Å². The van der Waals surface area contributed by atoms with Gasteiger partial charge in [0, 0.05) is 30.9 Å². The molecule has 1 aliphatic heterocycles. The van der Waals surface area contributed by atoms with Crippen molar-refractivity contribution < 1.29 is 5.11 Å². The number of aliphatic hydroxyl groups is 1. The molecule has 94 valence electrons. The number of rotatable bonds is 2. The van der Waals surface area contributed by atoms with E-state index < -0.39 is 0 Å². The van der Waals surface area contributed by atoms with Crippen molar-refractivity contribution in [3.63, 3.8) is 0 Å². The summed E-state index contributed by atoms with van der Waals surface area (Å²) in [5.41, 5.74) is 2.73. The van der Waals surface area contributed by atoms with Crippen molar-refractivity contribution in [1.82, 2.24) is 9.88 Å². The molecule has 1 saturated carbocycles. The van der Waals surface area contributed by atoms with Crippen LogP contribution in [0.3, 0.4) is 0 Å². The fraction of sp³-hybridized carbons (Fsp3) is 0.769. The number of likely N-dealkylation sites (tertiary alicyclic amines) is 1. The van der Waals surface area contributed by atoms with E-state index in [2.05, 4.69) is 15.3 Å². The quantitative estimate of drug-likeness (QED) is 0.877. The van der Waals surface area contributed by atoms with E-state index in [1.54, 1.807) is 11.3 Å². The maximum Gasteiger partial charge on any atom is 0.0795 e. The minimum absolute atomic E-state index is 0.350. The van der Waals surface area contributed by atoms with Crippen LogP contribution >= 0.6 is 11.3 Å². The summed E-state index contributed by atoms with van der Waals surface area (Å²) in [6.07, 6.45) is 5.66. The van der Waals surface area contributed by atoms with Crippen molar-refractivity contribution in [2.45, 2.75) is 44.2 Å². The average Bonchev–Trinajstić information content (AvgIpc) is 2.82. The van der Waals surface area contributed by atoms with E-state index in [4.69, 9.17) is 0 Å². The third-order valence-electron chi connectivity index (χ3n) is 4.38. The molecule has 0 amide bonds. The summed E-state index contributed by atoms with van der Waals surface area (Å²) in [5, 5.41) is 12.7. The molecule has 2 unspecified atom stereocenters. The molecule has 0 bridgehead atoms. The molecule has 1 aromatic rings. The first-order valence-electron chi connectivity index (χ1n) is 6.58. The van der Waals surface area contributed by atoms with E-state index in [-0.39, 0.29) is 5.60 Å². The van der Waals surface area contributed by atoms with Crippen LogP contribution in [0.5, 0.6) is 0 Å². The van der Waals surface area contributed by atoms with Crippen LogP contribution in [0.25, 0.3) is 0 Å². The predicted molar refractivity (Wildman–Crippen MR) is 68.9 cm³/mol. The van der Waals surface area contributed by atoms with Gasteiger partial charge in [-0.3, -0.25) is 4.90 Å². The predicted octanol–water partition coefficient (Wildman–Crippen LogP) is 2.27. The van der Waals surface area contributed by atoms with Gasteiger partial charge in [0.1, 0.15) is 0 Å². The SMILES string of the molecule is OC12CCCCC1CN(Cc1cscn1)CC2. The van der Waals surface area contributed by atoms with E-state index >= 15 is 0 Å². The third kappa shape index (κ3) is 2.39. The van der Waals surface area contributed by atoms with Gasteiger partial charge in [0.25, 0.3) is 0 Å². The highest BCUT2D eigenvalue weighted by Crippen LogP contribution is 2.39. The highest BCUT2D eigenvalue weighted by molar-refractivity contribution is 7.07. The van der Waals surface area contributed by atoms with Gasteiger partial charge < -0.3 is 5.11 Å². The zero-order valence-corrected chi connectivity index (χ0v) is 11.0. The Labute approximate surface area is 106 Å². The Morgan fingerprint density at radius 1 is 1.47 bits per heavy atom. The van der Waals surface area contributed by atoms with Gasteiger partial charge in [-0.25, -0.2) is 4.98 Å². The molecule has 1 aromatic heterocycles. The molecule has 0 aromatic carbocycles. The van der Waals surface area contributed by atoms with Gasteiger partial charge in [-0.15, -0.1) is 11.3 Å². The van der Waals surface area contributed by atoms with Gasteiger partial charge in [-0.05, 0) is 19.3 Å². The molecule has 1 N–H and O–H groups in total. The van der Waals surface area contributed by atoms with E-state index in [9.17, 15) is 5.11 Å². The molecule has 17 heavy (non-hydrogen) atoms. The fourth-order valence-corrected chi connectivity index (χ4v) is 3.88. The number of nitrogens with zero attached hydrogens (tertiary/aromatic N) is 2. The number of hydrogen-bond acceptors (Lipinski definition) is 4. The van der Waals surface area contributed by atoms with Gasteiger partial charge in [0.2, 0.25) is 0 Å². The summed E-state index contributed by atoms with van der Waals surface area (Å²) in [6, 6.07) is 0. The Morgan fingerprint density at radius 3 is 3.24 bits per heavy atom. The maximum absolute atomic E-state index is 10.6. The topological polar surface area (TPSA) is 36.4 Å². The highest BCUT2D eigenvalue weighted by atomic mass is 32.1. The largest absolute Gasteiger partial charge is 0.390 e. The summed E-state index contributed by atoms with van der Waals surface area (Å²) in [6.45, 7) is 3.02. The monoisotopic (exact) mass is 252 g/mol. The molecule has 2 atom stereocenters. The first-order valence-corrected chi connectivity index (χ1v) is 7.52. The van der Waals surface area contributed by atoms with Gasteiger partial charge in [-0.1, -0.05) is 12.8 Å². The van der Waals surface area contributed by atoms with Crippen LogP contribution in [0.4, 0.5) is 0 Å². The van der Waals surface area contributed by atoms with Crippen molar-refractivity contribution in [3.8, 4) is 0 Å². The molecule has 2 heterocycles. The number of fused-ring (bicyclic) bond motifs is 1. The lowest BCUT2D eigenvalue weighted by atomic mass is 9.71. The van der Waals surface area contributed by atoms with Crippen molar-refractivity contribution >= 4 is 11.3 Å². The van der Waals surface area contributed by atoms with Gasteiger partial charge in [0.15, 0.2) is 0 Å². The van der Waals surface area contributed by atoms with Crippen LogP contribution < -0.4 is 0 Å². The molecule has 0 radical (unpaired) electrons. The number of piperidine rings is 1. The lowest BCUT2D eigenvalue weighted by Gasteiger charge is -2.47. The second-order valence-electron chi connectivity index (χ2n) is 5.51. The second-order valence-corrected chi connectivity index (χ2v) is 6.23. The van der Waals surface area contributed by atoms with E-state index in [1.165, 1.54) is 25.0 Å². The fourth-order valence-electron chi connectivity index (χ4n) is 3.33. The molecular weight excluding hydrogens is 232 g/mol. The number of hydrogen-bond donors (Lipinski definition) is 1. The molecule has 2 fully saturated rings. The summed E-state index contributed by atoms with van der Waals surface area (Å²) in [7, 11) is 0. The van der Waals surface area contributed by atoms with Crippen molar-refractivity contribution in [2.75, 3.05) is 13.1 Å². The second kappa shape index (κ2) is 4.67. The number of thiazole rings is 1.